The van der Waals surface area contributed by atoms with E-state index in [1.54, 1.807) is 22.7 Å². The van der Waals surface area contributed by atoms with E-state index in [-0.39, 0.29) is 5.78 Å². The summed E-state index contributed by atoms with van der Waals surface area (Å²) in [6, 6.07) is 12.1. The molecule has 0 aliphatic carbocycles. The molecule has 0 spiro atoms. The molecule has 0 aliphatic rings. The first kappa shape index (κ1) is 12.1. The van der Waals surface area contributed by atoms with Crippen LogP contribution in [0.2, 0.25) is 0 Å². The summed E-state index contributed by atoms with van der Waals surface area (Å²) in [4.78, 5) is 14.2. The molecule has 3 aromatic rings. The summed E-state index contributed by atoms with van der Waals surface area (Å²) in [5.74, 6) is 0.194. The van der Waals surface area contributed by atoms with Crippen molar-refractivity contribution in [1.29, 1.82) is 0 Å². The maximum absolute atomic E-state index is 12.2. The molecule has 0 saturated heterocycles. The van der Waals surface area contributed by atoms with E-state index in [0.717, 1.165) is 19.6 Å². The smallest absolute Gasteiger partial charge is 0.178 e. The number of hydrogen-bond donors (Lipinski definition) is 0. The normalized spacial score (nSPS) is 10.9. The number of fused-ring (bicyclic) bond motifs is 1. The van der Waals surface area contributed by atoms with E-state index in [1.807, 2.05) is 35.7 Å². The van der Waals surface area contributed by atoms with Crippen LogP contribution >= 0.6 is 38.6 Å². The highest BCUT2D eigenvalue weighted by atomic mass is 79.9. The number of carbonyl (C=O) groups excluding carboxylic acids is 1. The van der Waals surface area contributed by atoms with E-state index in [0.29, 0.717) is 6.42 Å². The van der Waals surface area contributed by atoms with Crippen molar-refractivity contribution in [2.24, 2.45) is 0 Å². The third kappa shape index (κ3) is 2.28. The lowest BCUT2D eigenvalue weighted by molar-refractivity contribution is 0.0997. The van der Waals surface area contributed by atoms with Crippen LogP contribution in [-0.2, 0) is 6.42 Å². The number of hydrogen-bond acceptors (Lipinski definition) is 3. The van der Waals surface area contributed by atoms with Gasteiger partial charge in [0, 0.05) is 20.5 Å². The molecule has 0 aliphatic heterocycles. The average molecular weight is 337 g/mol. The van der Waals surface area contributed by atoms with Crippen LogP contribution in [0.4, 0.5) is 0 Å². The molecule has 0 unspecified atom stereocenters. The Morgan fingerprint density at radius 1 is 1.22 bits per heavy atom. The van der Waals surface area contributed by atoms with Gasteiger partial charge in [0.15, 0.2) is 5.78 Å². The molecular formula is C14H9BrOS2. The van der Waals surface area contributed by atoms with Gasteiger partial charge in [-0.05, 0) is 44.9 Å². The van der Waals surface area contributed by atoms with Gasteiger partial charge in [-0.25, -0.2) is 0 Å². The molecule has 0 amide bonds. The standard InChI is InChI=1S/C14H9BrOS2/c15-10-5-6-17-13(10)8-11(16)14-7-9-3-1-2-4-12(9)18-14/h1-7H,8H2. The minimum absolute atomic E-state index is 0.194. The van der Waals surface area contributed by atoms with Gasteiger partial charge in [-0.15, -0.1) is 22.7 Å². The van der Waals surface area contributed by atoms with Gasteiger partial charge < -0.3 is 0 Å². The summed E-state index contributed by atoms with van der Waals surface area (Å²) >= 11 is 6.65. The van der Waals surface area contributed by atoms with Gasteiger partial charge >= 0.3 is 0 Å². The zero-order valence-corrected chi connectivity index (χ0v) is 12.6. The molecule has 0 bridgehead atoms. The first-order valence-electron chi connectivity index (χ1n) is 5.47. The minimum Gasteiger partial charge on any atom is -0.293 e. The highest BCUT2D eigenvalue weighted by Gasteiger charge is 2.13. The van der Waals surface area contributed by atoms with E-state index in [1.165, 1.54) is 4.70 Å². The second-order valence-electron chi connectivity index (χ2n) is 3.94. The molecule has 0 saturated carbocycles. The van der Waals surface area contributed by atoms with Crippen molar-refractivity contribution in [1.82, 2.24) is 0 Å². The Morgan fingerprint density at radius 3 is 2.78 bits per heavy atom. The second-order valence-corrected chi connectivity index (χ2v) is 6.88. The van der Waals surface area contributed by atoms with Crippen molar-refractivity contribution >= 4 is 54.5 Å². The zero-order valence-electron chi connectivity index (χ0n) is 9.35. The van der Waals surface area contributed by atoms with Crippen LogP contribution in [0.1, 0.15) is 14.5 Å². The molecule has 0 radical (unpaired) electrons. The number of Topliss-reactive ketones (excluding diaryl/α,β-unsaturated/α-hetero) is 1. The predicted octanol–water partition coefficient (Wildman–Crippen LogP) is 5.15. The van der Waals surface area contributed by atoms with Gasteiger partial charge in [0.1, 0.15) is 0 Å². The topological polar surface area (TPSA) is 17.1 Å². The van der Waals surface area contributed by atoms with Crippen molar-refractivity contribution in [3.63, 3.8) is 0 Å². The average Bonchev–Trinajstić information content (AvgIpc) is 2.96. The van der Waals surface area contributed by atoms with Gasteiger partial charge in [-0.2, -0.15) is 0 Å². The van der Waals surface area contributed by atoms with Gasteiger partial charge in [0.25, 0.3) is 0 Å². The van der Waals surface area contributed by atoms with Crippen LogP contribution in [0.15, 0.2) is 46.3 Å². The van der Waals surface area contributed by atoms with Gasteiger partial charge in [-0.3, -0.25) is 4.79 Å². The first-order chi connectivity index (χ1) is 8.74. The van der Waals surface area contributed by atoms with Crippen LogP contribution in [0.5, 0.6) is 0 Å². The molecule has 1 nitrogen and oxygen atoms in total. The number of halogens is 1. The van der Waals surface area contributed by atoms with Crippen LogP contribution in [-0.4, -0.2) is 5.78 Å². The largest absolute Gasteiger partial charge is 0.293 e. The van der Waals surface area contributed by atoms with Gasteiger partial charge in [0.05, 0.1) is 4.88 Å². The molecule has 0 atom stereocenters. The number of benzene rings is 1. The molecule has 2 aromatic heterocycles. The first-order valence-corrected chi connectivity index (χ1v) is 7.96. The Morgan fingerprint density at radius 2 is 2.06 bits per heavy atom. The zero-order chi connectivity index (χ0) is 12.5. The fraction of sp³-hybridized carbons (Fsp3) is 0.0714. The molecule has 0 N–H and O–H groups in total. The van der Waals surface area contributed by atoms with Crippen molar-refractivity contribution in [2.45, 2.75) is 6.42 Å². The Bertz CT molecular complexity index is 678. The molecule has 3 rings (SSSR count). The SMILES string of the molecule is O=C(Cc1sccc1Br)c1cc2ccccc2s1. The second kappa shape index (κ2) is 4.96. The lowest BCUT2D eigenvalue weighted by Crippen LogP contribution is -1.99. The van der Waals surface area contributed by atoms with Crippen LogP contribution in [0, 0.1) is 0 Å². The Hall–Kier alpha value is -0.970. The van der Waals surface area contributed by atoms with E-state index in [4.69, 9.17) is 0 Å². The maximum Gasteiger partial charge on any atom is 0.178 e. The maximum atomic E-state index is 12.2. The molecule has 0 fully saturated rings. The number of rotatable bonds is 3. The van der Waals surface area contributed by atoms with Crippen LogP contribution in [0.25, 0.3) is 10.1 Å². The van der Waals surface area contributed by atoms with Gasteiger partial charge in [-0.1, -0.05) is 18.2 Å². The van der Waals surface area contributed by atoms with E-state index < -0.39 is 0 Å². The Kier molecular flexibility index (Phi) is 3.33. The summed E-state index contributed by atoms with van der Waals surface area (Å²) in [6.07, 6.45) is 0.477. The Labute approximate surface area is 121 Å². The minimum atomic E-state index is 0.194. The summed E-state index contributed by atoms with van der Waals surface area (Å²) in [7, 11) is 0. The number of carbonyl (C=O) groups is 1. The van der Waals surface area contributed by atoms with Crippen molar-refractivity contribution in [2.75, 3.05) is 0 Å². The predicted molar refractivity (Wildman–Crippen MR) is 81.9 cm³/mol. The third-order valence-corrected chi connectivity index (χ3v) is 5.80. The molecule has 18 heavy (non-hydrogen) atoms. The number of ketones is 1. The molecule has 90 valence electrons. The van der Waals surface area contributed by atoms with Crippen LogP contribution in [0.3, 0.4) is 0 Å². The van der Waals surface area contributed by atoms with E-state index in [9.17, 15) is 4.79 Å². The third-order valence-electron chi connectivity index (χ3n) is 2.71. The molecule has 2 heterocycles. The van der Waals surface area contributed by atoms with Crippen molar-refractivity contribution in [3.05, 3.63) is 56.0 Å². The fourth-order valence-corrected chi connectivity index (χ4v) is 4.29. The van der Waals surface area contributed by atoms with Crippen molar-refractivity contribution in [3.8, 4) is 0 Å². The quantitative estimate of drug-likeness (QED) is 0.604. The Balaban J connectivity index is 1.90. The van der Waals surface area contributed by atoms with Crippen LogP contribution < -0.4 is 0 Å². The van der Waals surface area contributed by atoms with Crippen molar-refractivity contribution < 1.29 is 4.79 Å². The summed E-state index contributed by atoms with van der Waals surface area (Å²) in [6.45, 7) is 0. The fourth-order valence-electron chi connectivity index (χ4n) is 1.80. The monoisotopic (exact) mass is 336 g/mol. The highest BCUT2D eigenvalue weighted by molar-refractivity contribution is 9.10. The molecular weight excluding hydrogens is 328 g/mol. The summed E-state index contributed by atoms with van der Waals surface area (Å²) < 4.78 is 2.20. The van der Waals surface area contributed by atoms with E-state index in [2.05, 4.69) is 22.0 Å². The summed E-state index contributed by atoms with van der Waals surface area (Å²) in [5, 5.41) is 3.15. The van der Waals surface area contributed by atoms with Gasteiger partial charge in [0.2, 0.25) is 0 Å². The highest BCUT2D eigenvalue weighted by Crippen LogP contribution is 2.28. The lowest BCUT2D eigenvalue weighted by Gasteiger charge is -1.95. The summed E-state index contributed by atoms with van der Waals surface area (Å²) in [5.41, 5.74) is 0. The molecule has 4 heteroatoms. The lowest BCUT2D eigenvalue weighted by atomic mass is 10.2. The number of thiophene rings is 2. The van der Waals surface area contributed by atoms with E-state index >= 15 is 0 Å². The molecule has 1 aromatic carbocycles.